The van der Waals surface area contributed by atoms with Gasteiger partial charge >= 0.3 is 0 Å². The summed E-state index contributed by atoms with van der Waals surface area (Å²) in [5.41, 5.74) is 4.08. The van der Waals surface area contributed by atoms with Crippen molar-refractivity contribution in [2.75, 3.05) is 5.32 Å². The highest BCUT2D eigenvalue weighted by atomic mass is 16.2. The molecule has 0 fully saturated rings. The molecule has 1 aromatic heterocycles. The minimum Gasteiger partial charge on any atom is -0.322 e. The molecule has 5 heteroatoms. The van der Waals surface area contributed by atoms with Crippen molar-refractivity contribution < 1.29 is 4.79 Å². The summed E-state index contributed by atoms with van der Waals surface area (Å²) in [6.07, 6.45) is 0. The number of carbonyl (C=O) groups is 1. The van der Waals surface area contributed by atoms with Gasteiger partial charge < -0.3 is 5.32 Å². The van der Waals surface area contributed by atoms with Crippen molar-refractivity contribution in [3.05, 3.63) is 106 Å². The molecule has 0 aliphatic carbocycles. The molecule has 1 heterocycles. The van der Waals surface area contributed by atoms with E-state index < -0.39 is 11.5 Å². The number of rotatable bonds is 5. The largest absolute Gasteiger partial charge is 0.322 e. The van der Waals surface area contributed by atoms with Gasteiger partial charge in [-0.05, 0) is 37.1 Å². The van der Waals surface area contributed by atoms with Crippen LogP contribution in [0, 0.1) is 6.92 Å². The Morgan fingerprint density at radius 3 is 2.16 bits per heavy atom. The van der Waals surface area contributed by atoms with Gasteiger partial charge in [0.05, 0.1) is 5.69 Å². The molecule has 0 bridgehead atoms. The van der Waals surface area contributed by atoms with Crippen LogP contribution in [0.4, 0.5) is 5.69 Å². The minimum absolute atomic E-state index is 0.0865. The Morgan fingerprint density at radius 1 is 0.903 bits per heavy atom. The van der Waals surface area contributed by atoms with Crippen LogP contribution in [-0.4, -0.2) is 15.7 Å². The first-order chi connectivity index (χ1) is 15.1. The van der Waals surface area contributed by atoms with Crippen LogP contribution in [0.2, 0.25) is 0 Å². The second-order valence-corrected chi connectivity index (χ2v) is 7.28. The normalized spacial score (nSPS) is 10.6. The van der Waals surface area contributed by atoms with E-state index in [9.17, 15) is 9.59 Å². The van der Waals surface area contributed by atoms with Crippen molar-refractivity contribution >= 4 is 11.6 Å². The van der Waals surface area contributed by atoms with E-state index in [4.69, 9.17) is 0 Å². The van der Waals surface area contributed by atoms with Gasteiger partial charge in [-0.1, -0.05) is 72.8 Å². The fourth-order valence-electron chi connectivity index (χ4n) is 3.60. The van der Waals surface area contributed by atoms with E-state index in [1.165, 1.54) is 4.68 Å². The quantitative estimate of drug-likeness (QED) is 0.495. The molecule has 3 aromatic carbocycles. The molecule has 0 atom stereocenters. The molecule has 1 N–H and O–H groups in total. The molecule has 0 radical (unpaired) electrons. The number of carbonyl (C=O) groups excluding carboxylic acids is 1. The predicted molar refractivity (Wildman–Crippen MR) is 124 cm³/mol. The fourth-order valence-corrected chi connectivity index (χ4v) is 3.60. The van der Waals surface area contributed by atoms with Gasteiger partial charge in [0.1, 0.15) is 5.56 Å². The standard InChI is InChI=1S/C26H23N3O2/c1-3-29-26(31)23(25(30)27-21-16-10-11-18(2)17-21)22(19-12-6-4-7-13-19)24(28-29)20-14-8-5-9-15-20/h4-17H,3H2,1-2H3,(H,27,30). The summed E-state index contributed by atoms with van der Waals surface area (Å²) in [5.74, 6) is -0.448. The molecule has 4 rings (SSSR count). The molecule has 0 aliphatic rings. The molecule has 5 nitrogen and oxygen atoms in total. The lowest BCUT2D eigenvalue weighted by Crippen LogP contribution is -2.32. The van der Waals surface area contributed by atoms with Crippen molar-refractivity contribution in [2.24, 2.45) is 0 Å². The number of hydrogen-bond acceptors (Lipinski definition) is 3. The van der Waals surface area contributed by atoms with Crippen molar-refractivity contribution in [3.63, 3.8) is 0 Å². The van der Waals surface area contributed by atoms with E-state index in [0.717, 1.165) is 16.7 Å². The summed E-state index contributed by atoms with van der Waals surface area (Å²) >= 11 is 0. The highest BCUT2D eigenvalue weighted by molar-refractivity contribution is 6.10. The zero-order valence-electron chi connectivity index (χ0n) is 17.5. The van der Waals surface area contributed by atoms with Crippen LogP contribution in [0.3, 0.4) is 0 Å². The number of aryl methyl sites for hydroxylation is 2. The molecule has 0 spiro atoms. The average molecular weight is 409 g/mol. The number of anilines is 1. The van der Waals surface area contributed by atoms with Gasteiger partial charge in [-0.3, -0.25) is 9.59 Å². The van der Waals surface area contributed by atoms with Crippen LogP contribution in [0.1, 0.15) is 22.8 Å². The molecular formula is C26H23N3O2. The van der Waals surface area contributed by atoms with Gasteiger partial charge in [-0.25, -0.2) is 4.68 Å². The van der Waals surface area contributed by atoms with E-state index in [1.54, 1.807) is 0 Å². The highest BCUT2D eigenvalue weighted by Crippen LogP contribution is 2.32. The monoisotopic (exact) mass is 409 g/mol. The molecule has 0 unspecified atom stereocenters. The zero-order chi connectivity index (χ0) is 21.8. The maximum absolute atomic E-state index is 13.4. The second kappa shape index (κ2) is 8.79. The molecule has 1 amide bonds. The first-order valence-corrected chi connectivity index (χ1v) is 10.2. The lowest BCUT2D eigenvalue weighted by Gasteiger charge is -2.17. The van der Waals surface area contributed by atoms with Gasteiger partial charge in [0.25, 0.3) is 11.5 Å². The third kappa shape index (κ3) is 4.16. The lowest BCUT2D eigenvalue weighted by molar-refractivity contribution is 0.102. The Bertz CT molecular complexity index is 1280. The second-order valence-electron chi connectivity index (χ2n) is 7.28. The number of aromatic nitrogens is 2. The van der Waals surface area contributed by atoms with E-state index in [0.29, 0.717) is 23.5 Å². The summed E-state index contributed by atoms with van der Waals surface area (Å²) in [4.78, 5) is 26.8. The van der Waals surface area contributed by atoms with Gasteiger partial charge in [-0.2, -0.15) is 5.10 Å². The highest BCUT2D eigenvalue weighted by Gasteiger charge is 2.25. The molecule has 0 aliphatic heterocycles. The molecule has 31 heavy (non-hydrogen) atoms. The number of benzene rings is 3. The summed E-state index contributed by atoms with van der Waals surface area (Å²) in [6.45, 7) is 4.15. The van der Waals surface area contributed by atoms with Crippen LogP contribution in [0.15, 0.2) is 89.7 Å². The van der Waals surface area contributed by atoms with Gasteiger partial charge in [-0.15, -0.1) is 0 Å². The summed E-state index contributed by atoms with van der Waals surface area (Å²) in [7, 11) is 0. The lowest BCUT2D eigenvalue weighted by atomic mass is 9.95. The maximum Gasteiger partial charge on any atom is 0.280 e. The number of hydrogen-bond donors (Lipinski definition) is 1. The average Bonchev–Trinajstić information content (AvgIpc) is 2.79. The summed E-state index contributed by atoms with van der Waals surface area (Å²) in [5, 5.41) is 7.53. The Morgan fingerprint density at radius 2 is 1.55 bits per heavy atom. The SMILES string of the molecule is CCn1nc(-c2ccccc2)c(-c2ccccc2)c(C(=O)Nc2cccc(C)c2)c1=O. The minimum atomic E-state index is -0.448. The van der Waals surface area contributed by atoms with E-state index in [-0.39, 0.29) is 5.56 Å². The third-order valence-corrected chi connectivity index (χ3v) is 5.07. The Hall–Kier alpha value is -3.99. The first kappa shape index (κ1) is 20.3. The van der Waals surface area contributed by atoms with Crippen LogP contribution in [0.25, 0.3) is 22.4 Å². The van der Waals surface area contributed by atoms with Crippen molar-refractivity contribution in [1.82, 2.24) is 9.78 Å². The third-order valence-electron chi connectivity index (χ3n) is 5.07. The van der Waals surface area contributed by atoms with Crippen molar-refractivity contribution in [3.8, 4) is 22.4 Å². The Labute approximate surface area is 181 Å². The maximum atomic E-state index is 13.4. The summed E-state index contributed by atoms with van der Waals surface area (Å²) in [6, 6.07) is 26.6. The van der Waals surface area contributed by atoms with Crippen LogP contribution < -0.4 is 10.9 Å². The van der Waals surface area contributed by atoms with E-state index in [2.05, 4.69) is 10.4 Å². The van der Waals surface area contributed by atoms with Crippen molar-refractivity contribution in [2.45, 2.75) is 20.4 Å². The number of nitrogens with one attached hydrogen (secondary N) is 1. The van der Waals surface area contributed by atoms with Gasteiger partial charge in [0.15, 0.2) is 0 Å². The molecule has 0 saturated carbocycles. The smallest absolute Gasteiger partial charge is 0.280 e. The molecule has 0 saturated heterocycles. The predicted octanol–water partition coefficient (Wildman–Crippen LogP) is 5.16. The van der Waals surface area contributed by atoms with E-state index in [1.807, 2.05) is 98.8 Å². The van der Waals surface area contributed by atoms with Crippen LogP contribution in [-0.2, 0) is 6.54 Å². The fraction of sp³-hybridized carbons (Fsp3) is 0.115. The first-order valence-electron chi connectivity index (χ1n) is 10.2. The number of amides is 1. The van der Waals surface area contributed by atoms with Crippen LogP contribution in [0.5, 0.6) is 0 Å². The van der Waals surface area contributed by atoms with Crippen molar-refractivity contribution in [1.29, 1.82) is 0 Å². The molecular weight excluding hydrogens is 386 g/mol. The van der Waals surface area contributed by atoms with E-state index >= 15 is 0 Å². The van der Waals surface area contributed by atoms with Gasteiger partial charge in [0.2, 0.25) is 0 Å². The van der Waals surface area contributed by atoms with Gasteiger partial charge in [0, 0.05) is 23.4 Å². The topological polar surface area (TPSA) is 64.0 Å². The van der Waals surface area contributed by atoms with Crippen LogP contribution >= 0.6 is 0 Å². The Kier molecular flexibility index (Phi) is 5.76. The zero-order valence-corrected chi connectivity index (χ0v) is 17.5. The molecule has 154 valence electrons. The summed E-state index contributed by atoms with van der Waals surface area (Å²) < 4.78 is 1.35. The Balaban J connectivity index is 1.98. The molecule has 4 aromatic rings. The number of nitrogens with zero attached hydrogens (tertiary/aromatic N) is 2.